The summed E-state index contributed by atoms with van der Waals surface area (Å²) < 4.78 is 7.39. The van der Waals surface area contributed by atoms with E-state index in [-0.39, 0.29) is 6.04 Å². The Kier molecular flexibility index (Phi) is 4.52. The molecule has 0 spiro atoms. The summed E-state index contributed by atoms with van der Waals surface area (Å²) in [5, 5.41) is 7.68. The van der Waals surface area contributed by atoms with Gasteiger partial charge in [0.05, 0.1) is 24.5 Å². The van der Waals surface area contributed by atoms with Crippen molar-refractivity contribution >= 4 is 0 Å². The molecule has 0 saturated heterocycles. The van der Waals surface area contributed by atoms with Crippen molar-refractivity contribution in [3.05, 3.63) is 42.0 Å². The number of rotatable bonds is 6. The molecule has 1 atom stereocenters. The third-order valence-corrected chi connectivity index (χ3v) is 2.94. The van der Waals surface area contributed by atoms with E-state index in [9.17, 15) is 0 Å². The van der Waals surface area contributed by atoms with Crippen LogP contribution in [0, 0.1) is 0 Å². The Balaban J connectivity index is 2.33. The molecule has 0 aliphatic carbocycles. The lowest BCUT2D eigenvalue weighted by molar-refractivity contribution is 0.338. The van der Waals surface area contributed by atoms with Crippen LogP contribution in [0.4, 0.5) is 0 Å². The second kappa shape index (κ2) is 6.33. The van der Waals surface area contributed by atoms with Gasteiger partial charge in [0.15, 0.2) is 0 Å². The van der Waals surface area contributed by atoms with Crippen LogP contribution in [0.1, 0.15) is 31.1 Å². The molecule has 1 unspecified atom stereocenters. The lowest BCUT2D eigenvalue weighted by Crippen LogP contribution is -2.24. The molecule has 2 heterocycles. The molecular formula is C14H20N4O. The zero-order valence-electron chi connectivity index (χ0n) is 11.6. The standard InChI is InChI=1S/C14H20N4O/c1-4-16-14(13-6-7-17-18(13)3)11-8-12(19-5-2)10-15-9-11/h6-10,14,16H,4-5H2,1-3H3. The number of hydrogen-bond acceptors (Lipinski definition) is 4. The molecule has 5 nitrogen and oxygen atoms in total. The number of aromatic nitrogens is 3. The van der Waals surface area contributed by atoms with Crippen LogP contribution in [0.5, 0.6) is 5.75 Å². The predicted molar refractivity (Wildman–Crippen MR) is 74.1 cm³/mol. The first kappa shape index (κ1) is 13.5. The predicted octanol–water partition coefficient (Wildman–Crippen LogP) is 1.91. The summed E-state index contributed by atoms with van der Waals surface area (Å²) in [5.41, 5.74) is 2.19. The normalized spacial score (nSPS) is 12.4. The Morgan fingerprint density at radius 3 is 2.84 bits per heavy atom. The summed E-state index contributed by atoms with van der Waals surface area (Å²) in [6.45, 7) is 5.57. The Morgan fingerprint density at radius 2 is 2.21 bits per heavy atom. The van der Waals surface area contributed by atoms with Crippen molar-refractivity contribution in [2.24, 2.45) is 7.05 Å². The van der Waals surface area contributed by atoms with Gasteiger partial charge in [0.1, 0.15) is 5.75 Å². The van der Waals surface area contributed by atoms with E-state index in [2.05, 4.69) is 22.3 Å². The third kappa shape index (κ3) is 3.12. The van der Waals surface area contributed by atoms with Gasteiger partial charge in [-0.05, 0) is 31.2 Å². The minimum atomic E-state index is 0.0745. The summed E-state index contributed by atoms with van der Waals surface area (Å²) >= 11 is 0. The second-order valence-electron chi connectivity index (χ2n) is 4.26. The first-order valence-corrected chi connectivity index (χ1v) is 6.55. The lowest BCUT2D eigenvalue weighted by atomic mass is 10.1. The molecule has 2 rings (SSSR count). The molecule has 0 amide bonds. The summed E-state index contributed by atoms with van der Waals surface area (Å²) in [6.07, 6.45) is 5.40. The third-order valence-electron chi connectivity index (χ3n) is 2.94. The van der Waals surface area contributed by atoms with E-state index in [4.69, 9.17) is 4.74 Å². The van der Waals surface area contributed by atoms with Crippen molar-refractivity contribution in [2.45, 2.75) is 19.9 Å². The van der Waals surface area contributed by atoms with Gasteiger partial charge in [0, 0.05) is 19.4 Å². The molecule has 0 bridgehead atoms. The van der Waals surface area contributed by atoms with Crippen LogP contribution < -0.4 is 10.1 Å². The molecule has 5 heteroatoms. The van der Waals surface area contributed by atoms with Gasteiger partial charge in [-0.2, -0.15) is 5.10 Å². The lowest BCUT2D eigenvalue weighted by Gasteiger charge is -2.19. The minimum absolute atomic E-state index is 0.0745. The van der Waals surface area contributed by atoms with Crippen LogP contribution in [-0.4, -0.2) is 27.9 Å². The van der Waals surface area contributed by atoms with Gasteiger partial charge in [0.25, 0.3) is 0 Å². The first-order chi connectivity index (χ1) is 9.26. The molecule has 19 heavy (non-hydrogen) atoms. The molecule has 1 N–H and O–H groups in total. The number of aryl methyl sites for hydroxylation is 1. The van der Waals surface area contributed by atoms with Gasteiger partial charge in [-0.1, -0.05) is 6.92 Å². The molecule has 0 aliphatic rings. The van der Waals surface area contributed by atoms with Crippen LogP contribution >= 0.6 is 0 Å². The average Bonchev–Trinajstić information content (AvgIpc) is 2.83. The van der Waals surface area contributed by atoms with Gasteiger partial charge in [0.2, 0.25) is 0 Å². The van der Waals surface area contributed by atoms with E-state index in [1.807, 2.05) is 37.0 Å². The van der Waals surface area contributed by atoms with Crippen LogP contribution in [0.15, 0.2) is 30.7 Å². The summed E-state index contributed by atoms with van der Waals surface area (Å²) in [5.74, 6) is 0.796. The molecule has 0 aliphatic heterocycles. The van der Waals surface area contributed by atoms with E-state index >= 15 is 0 Å². The van der Waals surface area contributed by atoms with Crippen LogP contribution in [0.25, 0.3) is 0 Å². The van der Waals surface area contributed by atoms with Crippen LogP contribution in [-0.2, 0) is 7.05 Å². The van der Waals surface area contributed by atoms with Crippen molar-refractivity contribution in [2.75, 3.05) is 13.2 Å². The number of pyridine rings is 1. The average molecular weight is 260 g/mol. The molecule has 0 aromatic carbocycles. The number of nitrogens with one attached hydrogen (secondary N) is 1. The monoisotopic (exact) mass is 260 g/mol. The molecule has 0 saturated carbocycles. The van der Waals surface area contributed by atoms with Crippen molar-refractivity contribution in [1.82, 2.24) is 20.1 Å². The summed E-state index contributed by atoms with van der Waals surface area (Å²) in [4.78, 5) is 4.25. The Bertz CT molecular complexity index is 524. The number of nitrogens with zero attached hydrogens (tertiary/aromatic N) is 3. The molecular weight excluding hydrogens is 240 g/mol. The highest BCUT2D eigenvalue weighted by molar-refractivity contribution is 5.31. The largest absolute Gasteiger partial charge is 0.492 e. The highest BCUT2D eigenvalue weighted by Gasteiger charge is 2.17. The smallest absolute Gasteiger partial charge is 0.137 e. The molecule has 2 aromatic heterocycles. The molecule has 0 fully saturated rings. The van der Waals surface area contributed by atoms with Crippen molar-refractivity contribution < 1.29 is 4.74 Å². The molecule has 2 aromatic rings. The zero-order chi connectivity index (χ0) is 13.7. The van der Waals surface area contributed by atoms with Gasteiger partial charge in [-0.3, -0.25) is 9.67 Å². The number of ether oxygens (including phenoxy) is 1. The van der Waals surface area contributed by atoms with Crippen molar-refractivity contribution in [1.29, 1.82) is 0 Å². The molecule has 0 radical (unpaired) electrons. The van der Waals surface area contributed by atoms with E-state index in [1.165, 1.54) is 0 Å². The fourth-order valence-corrected chi connectivity index (χ4v) is 2.10. The van der Waals surface area contributed by atoms with E-state index in [0.717, 1.165) is 23.6 Å². The number of hydrogen-bond donors (Lipinski definition) is 1. The maximum absolute atomic E-state index is 5.51. The van der Waals surface area contributed by atoms with Crippen molar-refractivity contribution in [3.63, 3.8) is 0 Å². The Hall–Kier alpha value is -1.88. The first-order valence-electron chi connectivity index (χ1n) is 6.55. The van der Waals surface area contributed by atoms with Crippen molar-refractivity contribution in [3.8, 4) is 5.75 Å². The Morgan fingerprint density at radius 1 is 1.37 bits per heavy atom. The quantitative estimate of drug-likeness (QED) is 0.862. The van der Waals surface area contributed by atoms with E-state index in [0.29, 0.717) is 6.61 Å². The summed E-state index contributed by atoms with van der Waals surface area (Å²) in [6, 6.07) is 4.11. The van der Waals surface area contributed by atoms with Gasteiger partial charge in [-0.25, -0.2) is 0 Å². The SMILES string of the molecule is CCNC(c1cncc(OCC)c1)c1ccnn1C. The fourth-order valence-electron chi connectivity index (χ4n) is 2.10. The Labute approximate surface area is 113 Å². The van der Waals surface area contributed by atoms with Crippen LogP contribution in [0.2, 0.25) is 0 Å². The second-order valence-corrected chi connectivity index (χ2v) is 4.26. The van der Waals surface area contributed by atoms with Gasteiger partial charge in [-0.15, -0.1) is 0 Å². The summed E-state index contributed by atoms with van der Waals surface area (Å²) in [7, 11) is 1.94. The zero-order valence-corrected chi connectivity index (χ0v) is 11.6. The maximum atomic E-state index is 5.51. The van der Waals surface area contributed by atoms with E-state index < -0.39 is 0 Å². The minimum Gasteiger partial charge on any atom is -0.492 e. The van der Waals surface area contributed by atoms with E-state index in [1.54, 1.807) is 12.4 Å². The van der Waals surface area contributed by atoms with Crippen LogP contribution in [0.3, 0.4) is 0 Å². The molecule has 102 valence electrons. The highest BCUT2D eigenvalue weighted by Crippen LogP contribution is 2.23. The van der Waals surface area contributed by atoms with Gasteiger partial charge >= 0.3 is 0 Å². The highest BCUT2D eigenvalue weighted by atomic mass is 16.5. The maximum Gasteiger partial charge on any atom is 0.137 e. The fraction of sp³-hybridized carbons (Fsp3) is 0.429. The van der Waals surface area contributed by atoms with Gasteiger partial charge < -0.3 is 10.1 Å². The topological polar surface area (TPSA) is 52.0 Å².